The van der Waals surface area contributed by atoms with E-state index in [1.807, 2.05) is 51.1 Å². The molecular weight excluding hydrogens is 456 g/mol. The fraction of sp³-hybridized carbons (Fsp3) is 0.241. The molecular formula is C29H28N2O5. The first-order chi connectivity index (χ1) is 17.4. The van der Waals surface area contributed by atoms with E-state index in [1.54, 1.807) is 30.3 Å². The summed E-state index contributed by atoms with van der Waals surface area (Å²) < 4.78 is 23.0. The van der Waals surface area contributed by atoms with Crippen molar-refractivity contribution in [3.8, 4) is 29.1 Å². The van der Waals surface area contributed by atoms with Gasteiger partial charge in [-0.15, -0.1) is 0 Å². The number of ether oxygens (including phenoxy) is 4. The van der Waals surface area contributed by atoms with Gasteiger partial charge in [0.15, 0.2) is 11.5 Å². The average Bonchev–Trinajstić information content (AvgIpc) is 2.87. The monoisotopic (exact) mass is 484 g/mol. The van der Waals surface area contributed by atoms with E-state index in [1.165, 1.54) is 0 Å². The van der Waals surface area contributed by atoms with Gasteiger partial charge in [0.25, 0.3) is 0 Å². The number of nitrogens with two attached hydrogens (primary N) is 1. The van der Waals surface area contributed by atoms with Crippen LogP contribution in [0.25, 0.3) is 0 Å². The molecule has 1 aliphatic heterocycles. The van der Waals surface area contributed by atoms with Crippen molar-refractivity contribution >= 4 is 5.97 Å². The quantitative estimate of drug-likeness (QED) is 0.327. The lowest BCUT2D eigenvalue weighted by Crippen LogP contribution is -2.21. The van der Waals surface area contributed by atoms with E-state index in [0.29, 0.717) is 41.8 Å². The van der Waals surface area contributed by atoms with Crippen molar-refractivity contribution < 1.29 is 23.7 Å². The first-order valence-electron chi connectivity index (χ1n) is 11.8. The molecule has 0 aliphatic carbocycles. The standard InChI is InChI=1S/C29H28N2O5/c1-4-14-34-24-13-10-20(15-26(24)33-5-2)27-22-12-11-21(16-25(22)36-28(31)23(27)17-30)35-29(32)19-8-6-18(3)7-9-19/h6-13,15-16,27H,4-5,14,31H2,1-3H3. The molecule has 36 heavy (non-hydrogen) atoms. The third-order valence-corrected chi connectivity index (χ3v) is 5.75. The van der Waals surface area contributed by atoms with Gasteiger partial charge in [0.1, 0.15) is 23.1 Å². The highest BCUT2D eigenvalue weighted by atomic mass is 16.5. The second-order valence-electron chi connectivity index (χ2n) is 8.37. The maximum Gasteiger partial charge on any atom is 0.343 e. The van der Waals surface area contributed by atoms with Crippen LogP contribution in [0.4, 0.5) is 0 Å². The molecule has 7 nitrogen and oxygen atoms in total. The SMILES string of the molecule is CCCOc1ccc(C2C(C#N)=C(N)Oc3cc(OC(=O)c4ccc(C)cc4)ccc32)cc1OCC. The van der Waals surface area contributed by atoms with Crippen molar-refractivity contribution in [3.05, 3.63) is 94.4 Å². The Bertz CT molecular complexity index is 1340. The van der Waals surface area contributed by atoms with Crippen LogP contribution in [-0.4, -0.2) is 19.2 Å². The molecule has 1 heterocycles. The molecule has 4 rings (SSSR count). The summed E-state index contributed by atoms with van der Waals surface area (Å²) in [5, 5.41) is 9.89. The van der Waals surface area contributed by atoms with Crippen LogP contribution in [0.5, 0.6) is 23.0 Å². The molecule has 0 radical (unpaired) electrons. The van der Waals surface area contributed by atoms with Crippen molar-refractivity contribution in [2.45, 2.75) is 33.1 Å². The van der Waals surface area contributed by atoms with Crippen LogP contribution in [0, 0.1) is 18.3 Å². The smallest absolute Gasteiger partial charge is 0.343 e. The van der Waals surface area contributed by atoms with E-state index in [4.69, 9.17) is 24.7 Å². The number of nitriles is 1. The van der Waals surface area contributed by atoms with E-state index in [-0.39, 0.29) is 11.5 Å². The Kier molecular flexibility index (Phi) is 7.45. The molecule has 1 unspecified atom stereocenters. The average molecular weight is 485 g/mol. The molecule has 3 aromatic rings. The Morgan fingerprint density at radius 2 is 1.81 bits per heavy atom. The van der Waals surface area contributed by atoms with Crippen LogP contribution in [0.15, 0.2) is 72.1 Å². The highest BCUT2D eigenvalue weighted by molar-refractivity contribution is 5.91. The van der Waals surface area contributed by atoms with Crippen molar-refractivity contribution in [2.75, 3.05) is 13.2 Å². The summed E-state index contributed by atoms with van der Waals surface area (Å²) in [7, 11) is 0. The number of carbonyl (C=O) groups is 1. The van der Waals surface area contributed by atoms with Gasteiger partial charge in [-0.05, 0) is 56.2 Å². The second kappa shape index (κ2) is 10.9. The maximum atomic E-state index is 12.6. The number of hydrogen-bond donors (Lipinski definition) is 1. The van der Waals surface area contributed by atoms with E-state index < -0.39 is 11.9 Å². The molecule has 2 N–H and O–H groups in total. The minimum absolute atomic E-state index is 0.00119. The number of aryl methyl sites for hydroxylation is 1. The maximum absolute atomic E-state index is 12.6. The summed E-state index contributed by atoms with van der Waals surface area (Å²) in [6.45, 7) is 6.92. The van der Waals surface area contributed by atoms with Crippen LogP contribution >= 0.6 is 0 Å². The zero-order valence-electron chi connectivity index (χ0n) is 20.5. The normalized spacial score (nSPS) is 14.3. The van der Waals surface area contributed by atoms with Crippen molar-refractivity contribution in [1.29, 1.82) is 5.26 Å². The summed E-state index contributed by atoms with van der Waals surface area (Å²) >= 11 is 0. The van der Waals surface area contributed by atoms with E-state index >= 15 is 0 Å². The third kappa shape index (κ3) is 5.13. The largest absolute Gasteiger partial charge is 0.490 e. The lowest BCUT2D eigenvalue weighted by Gasteiger charge is -2.27. The van der Waals surface area contributed by atoms with Crippen LogP contribution in [0.3, 0.4) is 0 Å². The van der Waals surface area contributed by atoms with Gasteiger partial charge < -0.3 is 24.7 Å². The summed E-state index contributed by atoms with van der Waals surface area (Å²) in [4.78, 5) is 12.6. The van der Waals surface area contributed by atoms with Gasteiger partial charge in [0.2, 0.25) is 5.88 Å². The zero-order chi connectivity index (χ0) is 25.7. The van der Waals surface area contributed by atoms with E-state index in [2.05, 4.69) is 6.07 Å². The summed E-state index contributed by atoms with van der Waals surface area (Å²) in [5.74, 6) is 0.994. The van der Waals surface area contributed by atoms with Crippen LogP contribution in [-0.2, 0) is 0 Å². The summed E-state index contributed by atoms with van der Waals surface area (Å²) in [6.07, 6.45) is 0.870. The number of carbonyl (C=O) groups excluding carboxylic acids is 1. The highest BCUT2D eigenvalue weighted by Gasteiger charge is 2.32. The van der Waals surface area contributed by atoms with Crippen molar-refractivity contribution in [1.82, 2.24) is 0 Å². The molecule has 3 aromatic carbocycles. The van der Waals surface area contributed by atoms with Crippen molar-refractivity contribution in [2.24, 2.45) is 5.73 Å². The molecule has 0 aromatic heterocycles. The van der Waals surface area contributed by atoms with Gasteiger partial charge in [-0.3, -0.25) is 0 Å². The lowest BCUT2D eigenvalue weighted by atomic mass is 9.83. The summed E-state index contributed by atoms with van der Waals surface area (Å²) in [6, 6.07) is 20.0. The third-order valence-electron chi connectivity index (χ3n) is 5.75. The van der Waals surface area contributed by atoms with Crippen LogP contribution in [0.2, 0.25) is 0 Å². The molecule has 0 bridgehead atoms. The molecule has 0 spiro atoms. The molecule has 0 amide bonds. The number of rotatable bonds is 8. The second-order valence-corrected chi connectivity index (χ2v) is 8.37. The van der Waals surface area contributed by atoms with Gasteiger partial charge in [0, 0.05) is 11.6 Å². The lowest BCUT2D eigenvalue weighted by molar-refractivity contribution is 0.0734. The number of fused-ring (bicyclic) bond motifs is 1. The minimum atomic E-state index is -0.486. The fourth-order valence-electron chi connectivity index (χ4n) is 4.00. The number of nitrogens with zero attached hydrogens (tertiary/aromatic N) is 1. The minimum Gasteiger partial charge on any atom is -0.490 e. The Morgan fingerprint density at radius 3 is 2.50 bits per heavy atom. The molecule has 1 atom stereocenters. The van der Waals surface area contributed by atoms with E-state index in [9.17, 15) is 10.1 Å². The van der Waals surface area contributed by atoms with Crippen molar-refractivity contribution in [3.63, 3.8) is 0 Å². The highest BCUT2D eigenvalue weighted by Crippen LogP contribution is 2.45. The number of hydrogen-bond acceptors (Lipinski definition) is 7. The molecule has 7 heteroatoms. The molecule has 0 fully saturated rings. The first-order valence-corrected chi connectivity index (χ1v) is 11.8. The zero-order valence-corrected chi connectivity index (χ0v) is 20.5. The molecule has 1 aliphatic rings. The Morgan fingerprint density at radius 1 is 1.03 bits per heavy atom. The van der Waals surface area contributed by atoms with Gasteiger partial charge in [-0.1, -0.05) is 36.8 Å². The fourth-order valence-corrected chi connectivity index (χ4v) is 4.00. The Balaban J connectivity index is 1.69. The molecule has 0 saturated carbocycles. The van der Waals surface area contributed by atoms with Gasteiger partial charge >= 0.3 is 5.97 Å². The molecule has 184 valence electrons. The van der Waals surface area contributed by atoms with Gasteiger partial charge in [-0.2, -0.15) is 5.26 Å². The topological polar surface area (TPSA) is 104 Å². The van der Waals surface area contributed by atoms with Crippen LogP contribution in [0.1, 0.15) is 53.2 Å². The van der Waals surface area contributed by atoms with Gasteiger partial charge in [-0.25, -0.2) is 4.79 Å². The Hall–Kier alpha value is -4.44. The number of benzene rings is 3. The Labute approximate surface area is 210 Å². The first kappa shape index (κ1) is 24.7. The van der Waals surface area contributed by atoms with Gasteiger partial charge in [0.05, 0.1) is 24.7 Å². The summed E-state index contributed by atoms with van der Waals surface area (Å²) in [5.41, 5.74) is 9.46. The predicted octanol–water partition coefficient (Wildman–Crippen LogP) is 5.62. The van der Waals surface area contributed by atoms with Crippen LogP contribution < -0.4 is 24.7 Å². The predicted molar refractivity (Wildman–Crippen MR) is 135 cm³/mol. The number of allylic oxidation sites excluding steroid dienone is 1. The number of esters is 1. The van der Waals surface area contributed by atoms with E-state index in [0.717, 1.165) is 23.1 Å². The molecule has 0 saturated heterocycles.